The Bertz CT molecular complexity index is 805. The van der Waals surface area contributed by atoms with Gasteiger partial charge in [0.25, 0.3) is 0 Å². The van der Waals surface area contributed by atoms with Gasteiger partial charge >= 0.3 is 0 Å². The topological polar surface area (TPSA) is 101 Å². The van der Waals surface area contributed by atoms with E-state index in [0.717, 1.165) is 16.7 Å². The smallest absolute Gasteiger partial charge is 0.243 e. The molecule has 0 saturated carbocycles. The van der Waals surface area contributed by atoms with Gasteiger partial charge in [0, 0.05) is 19.8 Å². The molecule has 0 radical (unpaired) electrons. The standard InChI is InChI=1S/C21H25N3O3/c1-14-8-6-7-11-17(14)13-18(20(22)26)24-21(27)19(23-15(2)25)12-16-9-4-3-5-10-16/h3-11,18-19H,12-13H2,1-2H3,(H2,22,26)(H,23,25)(H,24,27)/t18-,19+/m0/s1. The van der Waals surface area contributed by atoms with Crippen molar-refractivity contribution in [3.63, 3.8) is 0 Å². The molecule has 0 heterocycles. The van der Waals surface area contributed by atoms with Gasteiger partial charge in [-0.15, -0.1) is 0 Å². The van der Waals surface area contributed by atoms with Crippen LogP contribution in [0, 0.1) is 6.92 Å². The normalized spacial score (nSPS) is 12.7. The molecule has 0 aliphatic heterocycles. The Morgan fingerprint density at radius 2 is 1.52 bits per heavy atom. The molecule has 0 fully saturated rings. The average Bonchev–Trinajstić information content (AvgIpc) is 2.62. The summed E-state index contributed by atoms with van der Waals surface area (Å²) in [4.78, 5) is 36.1. The van der Waals surface area contributed by atoms with Crippen LogP contribution in [0.25, 0.3) is 0 Å². The maximum Gasteiger partial charge on any atom is 0.243 e. The molecule has 0 spiro atoms. The lowest BCUT2D eigenvalue weighted by atomic mass is 9.99. The largest absolute Gasteiger partial charge is 0.368 e. The second-order valence-electron chi connectivity index (χ2n) is 6.54. The van der Waals surface area contributed by atoms with Gasteiger partial charge in [-0.05, 0) is 23.6 Å². The summed E-state index contributed by atoms with van der Waals surface area (Å²) >= 11 is 0. The van der Waals surface area contributed by atoms with E-state index in [9.17, 15) is 14.4 Å². The summed E-state index contributed by atoms with van der Waals surface area (Å²) < 4.78 is 0. The number of hydrogen-bond donors (Lipinski definition) is 3. The van der Waals surface area contributed by atoms with Gasteiger partial charge in [0.15, 0.2) is 0 Å². The molecule has 0 bridgehead atoms. The zero-order chi connectivity index (χ0) is 19.8. The average molecular weight is 367 g/mol. The number of hydrogen-bond acceptors (Lipinski definition) is 3. The Labute approximate surface area is 159 Å². The molecule has 6 heteroatoms. The molecule has 2 rings (SSSR count). The lowest BCUT2D eigenvalue weighted by Gasteiger charge is -2.22. The van der Waals surface area contributed by atoms with E-state index >= 15 is 0 Å². The van der Waals surface area contributed by atoms with E-state index in [-0.39, 0.29) is 5.91 Å². The third-order valence-corrected chi connectivity index (χ3v) is 4.32. The van der Waals surface area contributed by atoms with E-state index in [2.05, 4.69) is 10.6 Å². The summed E-state index contributed by atoms with van der Waals surface area (Å²) in [6.07, 6.45) is 0.619. The van der Waals surface area contributed by atoms with Crippen molar-refractivity contribution in [1.29, 1.82) is 0 Å². The Morgan fingerprint density at radius 3 is 2.11 bits per heavy atom. The Kier molecular flexibility index (Phi) is 7.11. The highest BCUT2D eigenvalue weighted by atomic mass is 16.2. The van der Waals surface area contributed by atoms with Crippen molar-refractivity contribution in [2.75, 3.05) is 0 Å². The maximum atomic E-state index is 12.7. The van der Waals surface area contributed by atoms with E-state index in [1.54, 1.807) is 0 Å². The predicted molar refractivity (Wildman–Crippen MR) is 104 cm³/mol. The molecule has 142 valence electrons. The van der Waals surface area contributed by atoms with Gasteiger partial charge in [0.1, 0.15) is 12.1 Å². The highest BCUT2D eigenvalue weighted by Gasteiger charge is 2.25. The lowest BCUT2D eigenvalue weighted by Crippen LogP contribution is -2.54. The van der Waals surface area contributed by atoms with Crippen LogP contribution in [0.5, 0.6) is 0 Å². The number of primary amides is 1. The minimum atomic E-state index is -0.856. The van der Waals surface area contributed by atoms with Crippen LogP contribution in [0.1, 0.15) is 23.6 Å². The highest BCUT2D eigenvalue weighted by molar-refractivity contribution is 5.91. The van der Waals surface area contributed by atoms with E-state index in [1.165, 1.54) is 6.92 Å². The van der Waals surface area contributed by atoms with Crippen LogP contribution < -0.4 is 16.4 Å². The Hall–Kier alpha value is -3.15. The van der Waals surface area contributed by atoms with Crippen molar-refractivity contribution >= 4 is 17.7 Å². The number of carbonyl (C=O) groups excluding carboxylic acids is 3. The van der Waals surface area contributed by atoms with Gasteiger partial charge in [-0.2, -0.15) is 0 Å². The van der Waals surface area contributed by atoms with Gasteiger partial charge in [-0.1, -0.05) is 54.6 Å². The van der Waals surface area contributed by atoms with Gasteiger partial charge < -0.3 is 16.4 Å². The van der Waals surface area contributed by atoms with Crippen LogP contribution in [-0.2, 0) is 27.2 Å². The van der Waals surface area contributed by atoms with Gasteiger partial charge in [0.2, 0.25) is 17.7 Å². The van der Waals surface area contributed by atoms with Crippen LogP contribution in [0.15, 0.2) is 54.6 Å². The first-order valence-corrected chi connectivity index (χ1v) is 8.82. The summed E-state index contributed by atoms with van der Waals surface area (Å²) in [5, 5.41) is 5.33. The number of carbonyl (C=O) groups is 3. The fourth-order valence-corrected chi connectivity index (χ4v) is 2.86. The predicted octanol–water partition coefficient (Wildman–Crippen LogP) is 1.26. The molecule has 0 aromatic heterocycles. The number of rotatable bonds is 8. The van der Waals surface area contributed by atoms with E-state index < -0.39 is 23.9 Å². The number of nitrogens with two attached hydrogens (primary N) is 1. The van der Waals surface area contributed by atoms with Crippen LogP contribution in [0.3, 0.4) is 0 Å². The number of amides is 3. The van der Waals surface area contributed by atoms with E-state index in [1.807, 2.05) is 61.5 Å². The molecule has 3 amide bonds. The monoisotopic (exact) mass is 367 g/mol. The van der Waals surface area contributed by atoms with Crippen LogP contribution in [-0.4, -0.2) is 29.8 Å². The molecule has 2 aromatic rings. The molecule has 0 unspecified atom stereocenters. The first kappa shape index (κ1) is 20.2. The minimum absolute atomic E-state index is 0.297. The number of nitrogens with one attached hydrogen (secondary N) is 2. The van der Waals surface area contributed by atoms with Crippen molar-refractivity contribution in [2.45, 2.75) is 38.8 Å². The zero-order valence-corrected chi connectivity index (χ0v) is 15.6. The maximum absolute atomic E-state index is 12.7. The second kappa shape index (κ2) is 9.52. The summed E-state index contributed by atoms with van der Waals surface area (Å²) in [7, 11) is 0. The summed E-state index contributed by atoms with van der Waals surface area (Å²) in [5.41, 5.74) is 8.35. The molecule has 0 aliphatic carbocycles. The SMILES string of the molecule is CC(=O)N[C@H](Cc1ccccc1)C(=O)N[C@@H](Cc1ccccc1C)C(N)=O. The van der Waals surface area contributed by atoms with Gasteiger partial charge in [-0.25, -0.2) is 0 Å². The first-order valence-electron chi connectivity index (χ1n) is 8.82. The molecular formula is C21H25N3O3. The lowest BCUT2D eigenvalue weighted by molar-refractivity contribution is -0.130. The van der Waals surface area contributed by atoms with Gasteiger partial charge in [-0.3, -0.25) is 14.4 Å². The minimum Gasteiger partial charge on any atom is -0.368 e. The highest BCUT2D eigenvalue weighted by Crippen LogP contribution is 2.10. The molecular weight excluding hydrogens is 342 g/mol. The quantitative estimate of drug-likeness (QED) is 0.654. The van der Waals surface area contributed by atoms with Crippen molar-refractivity contribution < 1.29 is 14.4 Å². The summed E-state index contributed by atoms with van der Waals surface area (Å²) in [5.74, 6) is -1.38. The van der Waals surface area contributed by atoms with Gasteiger partial charge in [0.05, 0.1) is 0 Å². The van der Waals surface area contributed by atoms with Crippen molar-refractivity contribution in [3.8, 4) is 0 Å². The van der Waals surface area contributed by atoms with E-state index in [0.29, 0.717) is 12.8 Å². The second-order valence-corrected chi connectivity index (χ2v) is 6.54. The summed E-state index contributed by atoms with van der Waals surface area (Å²) in [6.45, 7) is 3.29. The zero-order valence-electron chi connectivity index (χ0n) is 15.6. The van der Waals surface area contributed by atoms with Crippen LogP contribution in [0.2, 0.25) is 0 Å². The molecule has 0 aliphatic rings. The number of aryl methyl sites for hydroxylation is 1. The number of benzene rings is 2. The van der Waals surface area contributed by atoms with Crippen LogP contribution in [0.4, 0.5) is 0 Å². The van der Waals surface area contributed by atoms with Crippen LogP contribution >= 0.6 is 0 Å². The molecule has 6 nitrogen and oxygen atoms in total. The molecule has 2 aromatic carbocycles. The molecule has 27 heavy (non-hydrogen) atoms. The molecule has 0 saturated heterocycles. The molecule has 2 atom stereocenters. The summed E-state index contributed by atoms with van der Waals surface area (Å²) in [6, 6.07) is 15.3. The van der Waals surface area contributed by atoms with Crippen molar-refractivity contribution in [1.82, 2.24) is 10.6 Å². The van der Waals surface area contributed by atoms with Crippen molar-refractivity contribution in [2.24, 2.45) is 5.73 Å². The van der Waals surface area contributed by atoms with E-state index in [4.69, 9.17) is 5.73 Å². The molecule has 4 N–H and O–H groups in total. The first-order chi connectivity index (χ1) is 12.9. The third-order valence-electron chi connectivity index (χ3n) is 4.32. The Balaban J connectivity index is 2.13. The Morgan fingerprint density at radius 1 is 0.889 bits per heavy atom. The fraction of sp³-hybridized carbons (Fsp3) is 0.286. The fourth-order valence-electron chi connectivity index (χ4n) is 2.86. The van der Waals surface area contributed by atoms with Crippen molar-refractivity contribution in [3.05, 3.63) is 71.3 Å². The third kappa shape index (κ3) is 6.26.